The van der Waals surface area contributed by atoms with Gasteiger partial charge in [0, 0.05) is 44.4 Å². The Hall–Kier alpha value is -2.42. The molecular weight excluding hydrogens is 424 g/mol. The van der Waals surface area contributed by atoms with Crippen LogP contribution in [-0.4, -0.2) is 69.1 Å². The first-order chi connectivity index (χ1) is 14.7. The van der Waals surface area contributed by atoms with Crippen LogP contribution in [-0.2, 0) is 4.74 Å². The third kappa shape index (κ3) is 3.62. The van der Waals surface area contributed by atoms with Crippen LogP contribution >= 0.6 is 11.5 Å². The maximum atomic E-state index is 13.6. The molecular formula is C20H23F2N7OS. The highest BCUT2D eigenvalue weighted by Crippen LogP contribution is 2.47. The molecule has 5 heterocycles. The van der Waals surface area contributed by atoms with E-state index in [-0.39, 0.29) is 12.0 Å². The fourth-order valence-corrected chi connectivity index (χ4v) is 5.41. The van der Waals surface area contributed by atoms with Gasteiger partial charge in [-0.15, -0.1) is 0 Å². The molecule has 0 aromatic carbocycles. The number of nitrogens with zero attached hydrogens (tertiary/aromatic N) is 6. The van der Waals surface area contributed by atoms with Gasteiger partial charge < -0.3 is 15.0 Å². The monoisotopic (exact) mass is 447 g/mol. The van der Waals surface area contributed by atoms with Crippen molar-refractivity contribution in [3.05, 3.63) is 23.5 Å². The van der Waals surface area contributed by atoms with Crippen LogP contribution in [0.3, 0.4) is 0 Å². The predicted molar refractivity (Wildman–Crippen MR) is 112 cm³/mol. The lowest BCUT2D eigenvalue weighted by molar-refractivity contribution is -0.156. The first-order valence-electron chi connectivity index (χ1n) is 10.1. The average molecular weight is 448 g/mol. The lowest BCUT2D eigenvalue weighted by Gasteiger charge is -2.62. The Labute approximate surface area is 183 Å². The van der Waals surface area contributed by atoms with Crippen LogP contribution in [0.5, 0.6) is 0 Å². The number of nitriles is 1. The minimum atomic E-state index is -2.75. The van der Waals surface area contributed by atoms with Gasteiger partial charge in [-0.05, 0) is 31.4 Å². The van der Waals surface area contributed by atoms with Crippen LogP contribution in [0.4, 0.5) is 25.5 Å². The van der Waals surface area contributed by atoms with E-state index < -0.39 is 18.1 Å². The number of rotatable bonds is 5. The highest BCUT2D eigenvalue weighted by molar-refractivity contribution is 7.10. The molecule has 0 amide bonds. The molecule has 3 saturated heterocycles. The molecule has 3 aliphatic heterocycles. The Balaban J connectivity index is 1.28. The van der Waals surface area contributed by atoms with Crippen molar-refractivity contribution in [1.82, 2.24) is 19.2 Å². The van der Waals surface area contributed by atoms with Gasteiger partial charge in [-0.2, -0.15) is 14.6 Å². The number of aryl methyl sites for hydroxylation is 2. The molecule has 2 aromatic heterocycles. The van der Waals surface area contributed by atoms with Crippen molar-refractivity contribution in [3.8, 4) is 6.07 Å². The Morgan fingerprint density at radius 1 is 1.29 bits per heavy atom. The van der Waals surface area contributed by atoms with Crippen molar-refractivity contribution in [3.63, 3.8) is 0 Å². The smallest absolute Gasteiger partial charge is 0.273 e. The van der Waals surface area contributed by atoms with Crippen LogP contribution in [0.2, 0.25) is 0 Å². The van der Waals surface area contributed by atoms with Gasteiger partial charge in [0.25, 0.3) is 5.92 Å². The van der Waals surface area contributed by atoms with Crippen molar-refractivity contribution in [2.24, 2.45) is 0 Å². The van der Waals surface area contributed by atoms with E-state index in [1.807, 2.05) is 19.9 Å². The maximum absolute atomic E-state index is 13.6. The summed E-state index contributed by atoms with van der Waals surface area (Å²) in [5.74, 6) is -1.45. The summed E-state index contributed by atoms with van der Waals surface area (Å²) in [5, 5.41) is 13.5. The topological polar surface area (TPSA) is 90.2 Å². The van der Waals surface area contributed by atoms with Crippen LogP contribution < -0.4 is 10.2 Å². The van der Waals surface area contributed by atoms with Crippen LogP contribution in [0, 0.1) is 25.2 Å². The van der Waals surface area contributed by atoms with Gasteiger partial charge in [0.2, 0.25) is 5.95 Å². The zero-order valence-electron chi connectivity index (χ0n) is 17.4. The minimum absolute atomic E-state index is 0.236. The number of nitrogens with one attached hydrogen (secondary N) is 1. The van der Waals surface area contributed by atoms with Gasteiger partial charge >= 0.3 is 0 Å². The lowest BCUT2D eigenvalue weighted by Crippen LogP contribution is -2.78. The number of aromatic nitrogens is 3. The fourth-order valence-electron chi connectivity index (χ4n) is 4.75. The molecule has 31 heavy (non-hydrogen) atoms. The van der Waals surface area contributed by atoms with Crippen molar-refractivity contribution >= 4 is 28.3 Å². The second-order valence-electron chi connectivity index (χ2n) is 8.93. The van der Waals surface area contributed by atoms with E-state index in [9.17, 15) is 14.0 Å². The number of anilines is 3. The number of halogens is 2. The third-order valence-electron chi connectivity index (χ3n) is 6.29. The van der Waals surface area contributed by atoms with E-state index in [2.05, 4.69) is 35.5 Å². The largest absolute Gasteiger partial charge is 0.366 e. The minimum Gasteiger partial charge on any atom is -0.366 e. The fraction of sp³-hybridized carbons (Fsp3) is 0.600. The maximum Gasteiger partial charge on any atom is 0.273 e. The van der Waals surface area contributed by atoms with E-state index in [0.29, 0.717) is 38.5 Å². The van der Waals surface area contributed by atoms with Gasteiger partial charge in [0.05, 0.1) is 29.3 Å². The summed E-state index contributed by atoms with van der Waals surface area (Å²) >= 11 is 1.35. The molecule has 5 rings (SSSR count). The summed E-state index contributed by atoms with van der Waals surface area (Å²) in [6.07, 6.45) is 1.88. The molecule has 3 fully saturated rings. The first-order valence-corrected chi connectivity index (χ1v) is 10.9. The van der Waals surface area contributed by atoms with E-state index in [1.54, 1.807) is 6.20 Å². The molecule has 0 saturated carbocycles. The van der Waals surface area contributed by atoms with E-state index in [4.69, 9.17) is 4.74 Å². The highest BCUT2D eigenvalue weighted by Gasteiger charge is 2.62. The summed E-state index contributed by atoms with van der Waals surface area (Å²) < 4.78 is 36.9. The summed E-state index contributed by atoms with van der Waals surface area (Å²) in [5.41, 5.74) is 0.748. The summed E-state index contributed by atoms with van der Waals surface area (Å²) in [4.78, 5) is 13.3. The second kappa shape index (κ2) is 7.05. The molecule has 164 valence electrons. The number of hydrogen-bond acceptors (Lipinski definition) is 9. The van der Waals surface area contributed by atoms with Crippen LogP contribution in [0.15, 0.2) is 12.3 Å². The van der Waals surface area contributed by atoms with Gasteiger partial charge in [-0.25, -0.2) is 13.8 Å². The molecule has 3 aliphatic rings. The van der Waals surface area contributed by atoms with Crippen molar-refractivity contribution < 1.29 is 13.5 Å². The number of likely N-dealkylation sites (tertiary alicyclic amines) is 1. The Morgan fingerprint density at radius 2 is 2.06 bits per heavy atom. The number of alkyl halides is 2. The molecule has 8 nitrogen and oxygen atoms in total. The van der Waals surface area contributed by atoms with Crippen molar-refractivity contribution in [1.29, 1.82) is 5.26 Å². The Kier molecular flexibility index (Phi) is 4.66. The Bertz CT molecular complexity index is 1040. The first kappa shape index (κ1) is 20.5. The van der Waals surface area contributed by atoms with E-state index in [0.717, 1.165) is 22.1 Å². The molecule has 0 bridgehead atoms. The molecule has 0 unspecified atom stereocenters. The number of hydrogen-bond donors (Lipinski definition) is 1. The predicted octanol–water partition coefficient (Wildman–Crippen LogP) is 2.88. The highest BCUT2D eigenvalue weighted by atomic mass is 32.1. The SMILES string of the molecule is Cc1cc(Nc2ncc(C)c(N3CC(CC#N)(N4CC5(C4)CC(F)(F)CO5)C3)n2)sn1. The van der Waals surface area contributed by atoms with Gasteiger partial charge in [0.15, 0.2) is 0 Å². The molecule has 0 radical (unpaired) electrons. The molecule has 0 atom stereocenters. The average Bonchev–Trinajstić information content (AvgIpc) is 3.21. The molecule has 2 aromatic rings. The molecule has 1 spiro atoms. The molecule has 1 N–H and O–H groups in total. The zero-order valence-corrected chi connectivity index (χ0v) is 18.2. The van der Waals surface area contributed by atoms with Crippen LogP contribution in [0.25, 0.3) is 0 Å². The van der Waals surface area contributed by atoms with Crippen LogP contribution in [0.1, 0.15) is 24.1 Å². The Morgan fingerprint density at radius 3 is 2.68 bits per heavy atom. The quantitative estimate of drug-likeness (QED) is 0.748. The summed E-state index contributed by atoms with van der Waals surface area (Å²) in [7, 11) is 0. The van der Waals surface area contributed by atoms with Gasteiger partial charge in [-0.1, -0.05) is 0 Å². The van der Waals surface area contributed by atoms with E-state index >= 15 is 0 Å². The standard InChI is InChI=1S/C20H23F2N7OS/c1-13-6-24-17(25-15-5-14(2)27-31-15)26-16(13)28-8-18(9-28,3-4-23)29-10-19(11-29)7-20(21,22)12-30-19/h5-6H,3,7-12H2,1-2H3,(H,24,25,26). The van der Waals surface area contributed by atoms with E-state index in [1.165, 1.54) is 11.5 Å². The normalized spacial score (nSPS) is 23.3. The number of ether oxygens (including phenoxy) is 1. The summed E-state index contributed by atoms with van der Waals surface area (Å²) in [6.45, 7) is 5.49. The molecule has 0 aliphatic carbocycles. The lowest BCUT2D eigenvalue weighted by atomic mass is 9.77. The third-order valence-corrected chi connectivity index (χ3v) is 7.08. The zero-order chi connectivity index (χ0) is 21.9. The van der Waals surface area contributed by atoms with Gasteiger partial charge in [0.1, 0.15) is 17.4 Å². The molecule has 11 heteroatoms. The van der Waals surface area contributed by atoms with Gasteiger partial charge in [-0.3, -0.25) is 4.90 Å². The second-order valence-corrected chi connectivity index (χ2v) is 9.74. The summed E-state index contributed by atoms with van der Waals surface area (Å²) in [6, 6.07) is 4.21. The van der Waals surface area contributed by atoms with Crippen molar-refractivity contribution in [2.75, 3.05) is 43.0 Å². The van der Waals surface area contributed by atoms with Crippen molar-refractivity contribution in [2.45, 2.75) is 43.8 Å².